The molecule has 25 heavy (non-hydrogen) atoms. The summed E-state index contributed by atoms with van der Waals surface area (Å²) in [7, 11) is -3.54. The number of nitrogens with zero attached hydrogens (tertiary/aromatic N) is 1. The molecule has 1 aromatic heterocycles. The fraction of sp³-hybridized carbons (Fsp3) is 0.211. The molecule has 0 fully saturated rings. The van der Waals surface area contributed by atoms with Crippen molar-refractivity contribution in [1.29, 1.82) is 0 Å². The number of fused-ring (bicyclic) bond motifs is 1. The molecule has 0 bridgehead atoms. The molecule has 0 radical (unpaired) electrons. The second-order valence-electron chi connectivity index (χ2n) is 5.87. The summed E-state index contributed by atoms with van der Waals surface area (Å²) in [6.45, 7) is 4.10. The summed E-state index contributed by atoms with van der Waals surface area (Å²) in [5.41, 5.74) is 2.53. The summed E-state index contributed by atoms with van der Waals surface area (Å²) < 4.78 is 33.1. The van der Waals surface area contributed by atoms with Crippen LogP contribution in [-0.4, -0.2) is 26.6 Å². The van der Waals surface area contributed by atoms with Gasteiger partial charge in [-0.15, -0.1) is 0 Å². The maximum atomic E-state index is 12.4. The van der Waals surface area contributed by atoms with Crippen LogP contribution in [0.3, 0.4) is 0 Å². The van der Waals surface area contributed by atoms with Gasteiger partial charge in [-0.3, -0.25) is 4.98 Å². The molecule has 2 aromatic carbocycles. The van der Waals surface area contributed by atoms with Crippen LogP contribution in [0, 0.1) is 13.8 Å². The summed E-state index contributed by atoms with van der Waals surface area (Å²) in [6, 6.07) is 14.8. The van der Waals surface area contributed by atoms with Crippen molar-refractivity contribution < 1.29 is 13.2 Å². The quantitative estimate of drug-likeness (QED) is 0.689. The highest BCUT2D eigenvalue weighted by Crippen LogP contribution is 2.19. The zero-order valence-corrected chi connectivity index (χ0v) is 15.0. The molecule has 0 aliphatic carbocycles. The lowest BCUT2D eigenvalue weighted by Crippen LogP contribution is -2.28. The molecule has 1 N–H and O–H groups in total. The Bertz CT molecular complexity index is 1000. The SMILES string of the molecule is Cc1ccc(C)c(S(=O)(=O)NCCOc2ccc3ncccc3c2)c1. The number of nitrogens with one attached hydrogen (secondary N) is 1. The molecule has 5 nitrogen and oxygen atoms in total. The third-order valence-electron chi connectivity index (χ3n) is 3.87. The van der Waals surface area contributed by atoms with Crippen molar-refractivity contribution in [2.24, 2.45) is 0 Å². The zero-order valence-electron chi connectivity index (χ0n) is 14.2. The van der Waals surface area contributed by atoms with E-state index in [0.717, 1.165) is 22.0 Å². The van der Waals surface area contributed by atoms with E-state index in [1.54, 1.807) is 19.2 Å². The van der Waals surface area contributed by atoms with Gasteiger partial charge in [0.15, 0.2) is 0 Å². The Balaban J connectivity index is 1.61. The van der Waals surface area contributed by atoms with E-state index < -0.39 is 10.0 Å². The Kier molecular flexibility index (Phi) is 5.01. The van der Waals surface area contributed by atoms with Gasteiger partial charge in [-0.05, 0) is 55.3 Å². The van der Waals surface area contributed by atoms with Crippen LogP contribution in [0.25, 0.3) is 10.9 Å². The third-order valence-corrected chi connectivity index (χ3v) is 5.47. The summed E-state index contributed by atoms with van der Waals surface area (Å²) >= 11 is 0. The van der Waals surface area contributed by atoms with Crippen molar-refractivity contribution in [3.8, 4) is 5.75 Å². The lowest BCUT2D eigenvalue weighted by molar-refractivity contribution is 0.323. The van der Waals surface area contributed by atoms with Gasteiger partial charge in [0.2, 0.25) is 10.0 Å². The van der Waals surface area contributed by atoms with Gasteiger partial charge in [0.1, 0.15) is 12.4 Å². The van der Waals surface area contributed by atoms with Crippen molar-refractivity contribution in [2.45, 2.75) is 18.7 Å². The number of hydrogen-bond acceptors (Lipinski definition) is 4. The Morgan fingerprint density at radius 1 is 1.08 bits per heavy atom. The van der Waals surface area contributed by atoms with Crippen LogP contribution in [0.15, 0.2) is 59.6 Å². The van der Waals surface area contributed by atoms with Crippen molar-refractivity contribution in [1.82, 2.24) is 9.71 Å². The molecule has 1 heterocycles. The average molecular weight is 356 g/mol. The molecule has 0 atom stereocenters. The number of benzene rings is 2. The molecule has 6 heteroatoms. The van der Waals surface area contributed by atoms with Gasteiger partial charge in [-0.25, -0.2) is 13.1 Å². The first-order valence-electron chi connectivity index (χ1n) is 8.00. The van der Waals surface area contributed by atoms with Crippen LogP contribution < -0.4 is 9.46 Å². The standard InChI is InChI=1S/C19H20N2O3S/c1-14-5-6-15(2)19(12-14)25(22,23)21-10-11-24-17-7-8-18-16(13-17)4-3-9-20-18/h3-9,12-13,21H,10-11H2,1-2H3. The first-order valence-corrected chi connectivity index (χ1v) is 9.48. The summed E-state index contributed by atoms with van der Waals surface area (Å²) in [5, 5.41) is 0.982. The molecule has 0 unspecified atom stereocenters. The minimum absolute atomic E-state index is 0.195. The first-order chi connectivity index (χ1) is 12.0. The number of sulfonamides is 1. The lowest BCUT2D eigenvalue weighted by atomic mass is 10.2. The van der Waals surface area contributed by atoms with E-state index in [9.17, 15) is 8.42 Å². The molecular weight excluding hydrogens is 336 g/mol. The van der Waals surface area contributed by atoms with Crippen molar-refractivity contribution >= 4 is 20.9 Å². The van der Waals surface area contributed by atoms with Gasteiger partial charge in [0, 0.05) is 18.1 Å². The summed E-state index contributed by atoms with van der Waals surface area (Å²) in [6.07, 6.45) is 1.74. The number of hydrogen-bond donors (Lipinski definition) is 1. The van der Waals surface area contributed by atoms with E-state index in [-0.39, 0.29) is 13.2 Å². The van der Waals surface area contributed by atoms with E-state index in [1.165, 1.54) is 0 Å². The van der Waals surface area contributed by atoms with Crippen molar-refractivity contribution in [3.05, 3.63) is 65.9 Å². The van der Waals surface area contributed by atoms with E-state index in [1.807, 2.05) is 49.4 Å². The van der Waals surface area contributed by atoms with Gasteiger partial charge in [0.25, 0.3) is 0 Å². The Morgan fingerprint density at radius 2 is 1.92 bits per heavy atom. The van der Waals surface area contributed by atoms with Gasteiger partial charge in [-0.2, -0.15) is 0 Å². The maximum Gasteiger partial charge on any atom is 0.240 e. The van der Waals surface area contributed by atoms with Crippen LogP contribution in [-0.2, 0) is 10.0 Å². The van der Waals surface area contributed by atoms with Gasteiger partial charge < -0.3 is 4.74 Å². The number of ether oxygens (including phenoxy) is 1. The molecule has 0 saturated heterocycles. The molecule has 0 saturated carbocycles. The summed E-state index contributed by atoms with van der Waals surface area (Å²) in [5.74, 6) is 0.687. The van der Waals surface area contributed by atoms with E-state index >= 15 is 0 Å². The highest BCUT2D eigenvalue weighted by molar-refractivity contribution is 7.89. The molecule has 3 aromatic rings. The molecule has 0 amide bonds. The molecule has 0 aliphatic heterocycles. The topological polar surface area (TPSA) is 68.3 Å². The normalized spacial score (nSPS) is 11.6. The first kappa shape index (κ1) is 17.4. The monoisotopic (exact) mass is 356 g/mol. The van der Waals surface area contributed by atoms with E-state index in [0.29, 0.717) is 10.6 Å². The number of aromatic nitrogens is 1. The van der Waals surface area contributed by atoms with Crippen LogP contribution in [0.5, 0.6) is 5.75 Å². The smallest absolute Gasteiger partial charge is 0.240 e. The van der Waals surface area contributed by atoms with Gasteiger partial charge in [0.05, 0.1) is 10.4 Å². The average Bonchev–Trinajstić information content (AvgIpc) is 2.60. The fourth-order valence-electron chi connectivity index (χ4n) is 2.56. The highest BCUT2D eigenvalue weighted by Gasteiger charge is 2.16. The maximum absolute atomic E-state index is 12.4. The van der Waals surface area contributed by atoms with Gasteiger partial charge >= 0.3 is 0 Å². The largest absolute Gasteiger partial charge is 0.492 e. The fourth-order valence-corrected chi connectivity index (χ4v) is 3.90. The van der Waals surface area contributed by atoms with Crippen LogP contribution >= 0.6 is 0 Å². The Morgan fingerprint density at radius 3 is 2.76 bits per heavy atom. The molecule has 3 rings (SSSR count). The predicted molar refractivity (Wildman–Crippen MR) is 98.3 cm³/mol. The van der Waals surface area contributed by atoms with Crippen LogP contribution in [0.2, 0.25) is 0 Å². The number of pyridine rings is 1. The van der Waals surface area contributed by atoms with Crippen LogP contribution in [0.4, 0.5) is 0 Å². The van der Waals surface area contributed by atoms with E-state index in [2.05, 4.69) is 9.71 Å². The Labute approximate surface area is 147 Å². The lowest BCUT2D eigenvalue weighted by Gasteiger charge is -2.11. The minimum Gasteiger partial charge on any atom is -0.492 e. The molecule has 0 spiro atoms. The minimum atomic E-state index is -3.54. The van der Waals surface area contributed by atoms with E-state index in [4.69, 9.17) is 4.74 Å². The highest BCUT2D eigenvalue weighted by atomic mass is 32.2. The third kappa shape index (κ3) is 4.15. The Hall–Kier alpha value is -2.44. The second-order valence-corrected chi connectivity index (χ2v) is 7.61. The second kappa shape index (κ2) is 7.21. The van der Waals surface area contributed by atoms with Crippen LogP contribution in [0.1, 0.15) is 11.1 Å². The molecule has 130 valence electrons. The zero-order chi connectivity index (χ0) is 17.9. The number of rotatable bonds is 6. The summed E-state index contributed by atoms with van der Waals surface area (Å²) in [4.78, 5) is 4.56. The predicted octanol–water partition coefficient (Wildman–Crippen LogP) is 3.21. The van der Waals surface area contributed by atoms with Crippen molar-refractivity contribution in [2.75, 3.05) is 13.2 Å². The van der Waals surface area contributed by atoms with Gasteiger partial charge in [-0.1, -0.05) is 18.2 Å². The molecule has 0 aliphatic rings. The van der Waals surface area contributed by atoms with Crippen molar-refractivity contribution in [3.63, 3.8) is 0 Å². The molecular formula is C19H20N2O3S. The number of aryl methyl sites for hydroxylation is 2.